The first-order chi connectivity index (χ1) is 15.0. The second kappa shape index (κ2) is 9.38. The summed E-state index contributed by atoms with van der Waals surface area (Å²) in [6.45, 7) is 6.27. The van der Waals surface area contributed by atoms with Gasteiger partial charge in [0, 0.05) is 25.5 Å². The van der Waals surface area contributed by atoms with Crippen molar-refractivity contribution in [1.82, 2.24) is 23.7 Å². The molecule has 1 unspecified atom stereocenters. The average molecular weight is 502 g/mol. The predicted octanol–water partition coefficient (Wildman–Crippen LogP) is 3.55. The van der Waals surface area contributed by atoms with Crippen molar-refractivity contribution in [2.45, 2.75) is 39.8 Å². The monoisotopic (exact) mass is 501 g/mol. The molecular formula is C20H25Cl2N5O4S. The highest BCUT2D eigenvalue weighted by Gasteiger charge is 2.32. The summed E-state index contributed by atoms with van der Waals surface area (Å²) >= 11 is 13.7. The molecule has 0 spiro atoms. The van der Waals surface area contributed by atoms with Gasteiger partial charge < -0.3 is 4.57 Å². The molecule has 1 atom stereocenters. The summed E-state index contributed by atoms with van der Waals surface area (Å²) in [4.78, 5) is 49.8. The number of halogens is 2. The largest absolute Gasteiger partial charge is 0.331 e. The number of fused-ring (bicyclic) bond motifs is 1. The Bertz CT molecular complexity index is 1290. The van der Waals surface area contributed by atoms with E-state index in [9.17, 15) is 14.4 Å². The van der Waals surface area contributed by atoms with Crippen molar-refractivity contribution in [3.8, 4) is 0 Å². The number of carbonyl (C=O) groups is 1. The fourth-order valence-corrected chi connectivity index (χ4v) is 5.43. The first kappa shape index (κ1) is 24.5. The van der Waals surface area contributed by atoms with Gasteiger partial charge in [-0.1, -0.05) is 44.0 Å². The smallest absolute Gasteiger partial charge is 0.312 e. The first-order valence-corrected chi connectivity index (χ1v) is 11.6. The Labute approximate surface area is 198 Å². The van der Waals surface area contributed by atoms with Crippen molar-refractivity contribution in [1.29, 1.82) is 0 Å². The maximum absolute atomic E-state index is 13.4. The molecule has 0 aromatic carbocycles. The third kappa shape index (κ3) is 4.00. The van der Waals surface area contributed by atoms with E-state index in [-0.39, 0.29) is 27.2 Å². The first-order valence-electron chi connectivity index (χ1n) is 10.0. The molecule has 0 aliphatic carbocycles. The summed E-state index contributed by atoms with van der Waals surface area (Å²) < 4.78 is 4.24. The molecule has 0 aliphatic rings. The number of hydroxylamine groups is 2. The number of hydrogen-bond acceptors (Lipinski definition) is 6. The molecular weight excluding hydrogens is 477 g/mol. The molecule has 0 N–H and O–H groups in total. The molecule has 0 bridgehead atoms. The fourth-order valence-electron chi connectivity index (χ4n) is 3.61. The molecule has 3 heterocycles. The molecule has 0 aliphatic heterocycles. The minimum atomic E-state index is -0.537. The van der Waals surface area contributed by atoms with Crippen LogP contribution < -0.4 is 11.2 Å². The average Bonchev–Trinajstić information content (AvgIpc) is 3.30. The summed E-state index contributed by atoms with van der Waals surface area (Å²) in [5.41, 5.74) is -0.787. The van der Waals surface area contributed by atoms with Crippen LogP contribution in [0.15, 0.2) is 15.9 Å². The molecule has 174 valence electrons. The lowest BCUT2D eigenvalue weighted by Gasteiger charge is -2.20. The van der Waals surface area contributed by atoms with Gasteiger partial charge in [-0.2, -0.15) is 0 Å². The third-order valence-corrected chi connectivity index (χ3v) is 7.30. The van der Waals surface area contributed by atoms with Gasteiger partial charge in [-0.15, -0.1) is 11.3 Å². The second-order valence-electron chi connectivity index (χ2n) is 7.82. The highest BCUT2D eigenvalue weighted by atomic mass is 35.5. The zero-order valence-corrected chi connectivity index (χ0v) is 21.0. The van der Waals surface area contributed by atoms with Crippen LogP contribution >= 0.6 is 34.5 Å². The van der Waals surface area contributed by atoms with Crippen LogP contribution in [0, 0.1) is 5.92 Å². The van der Waals surface area contributed by atoms with Gasteiger partial charge in [0.25, 0.3) is 11.5 Å². The van der Waals surface area contributed by atoms with E-state index in [2.05, 4.69) is 4.98 Å². The number of carbonyl (C=O) groups excluding carboxylic acids is 1. The normalized spacial score (nSPS) is 12.7. The van der Waals surface area contributed by atoms with Gasteiger partial charge in [-0.05, 0) is 12.3 Å². The summed E-state index contributed by atoms with van der Waals surface area (Å²) in [6.07, 6.45) is 2.03. The minimum absolute atomic E-state index is 0.140. The van der Waals surface area contributed by atoms with E-state index in [0.717, 1.165) is 9.63 Å². The van der Waals surface area contributed by atoms with Crippen molar-refractivity contribution >= 4 is 50.7 Å². The number of nitrogens with zero attached hydrogens (tertiary/aromatic N) is 5. The number of thiophene rings is 1. The molecule has 32 heavy (non-hydrogen) atoms. The topological polar surface area (TPSA) is 91.4 Å². The number of imidazole rings is 1. The summed E-state index contributed by atoms with van der Waals surface area (Å²) in [5, 5.41) is 1.60. The predicted molar refractivity (Wildman–Crippen MR) is 126 cm³/mol. The number of rotatable bonds is 7. The Morgan fingerprint density at radius 1 is 1.31 bits per heavy atom. The maximum Gasteiger partial charge on any atom is 0.331 e. The van der Waals surface area contributed by atoms with Gasteiger partial charge >= 0.3 is 5.69 Å². The molecule has 3 rings (SSSR count). The van der Waals surface area contributed by atoms with Crippen LogP contribution in [0.5, 0.6) is 0 Å². The van der Waals surface area contributed by atoms with Crippen LogP contribution in [0.2, 0.25) is 10.3 Å². The molecule has 3 aromatic heterocycles. The minimum Gasteiger partial charge on any atom is -0.312 e. The van der Waals surface area contributed by atoms with Crippen LogP contribution in [0.4, 0.5) is 0 Å². The highest BCUT2D eigenvalue weighted by Crippen LogP contribution is 2.39. The number of amides is 1. The third-order valence-electron chi connectivity index (χ3n) is 5.24. The Kier molecular flexibility index (Phi) is 7.18. The summed E-state index contributed by atoms with van der Waals surface area (Å²) in [7, 11) is 4.24. The van der Waals surface area contributed by atoms with Crippen LogP contribution in [0.25, 0.3) is 10.2 Å². The molecule has 0 saturated carbocycles. The van der Waals surface area contributed by atoms with Crippen molar-refractivity contribution in [3.05, 3.63) is 47.9 Å². The summed E-state index contributed by atoms with van der Waals surface area (Å²) in [5.74, 6) is -0.356. The van der Waals surface area contributed by atoms with Crippen molar-refractivity contribution in [2.75, 3.05) is 14.2 Å². The van der Waals surface area contributed by atoms with Gasteiger partial charge in [0.15, 0.2) is 5.15 Å². The Hall–Kier alpha value is -2.14. The lowest BCUT2D eigenvalue weighted by atomic mass is 10.1. The Balaban J connectivity index is 2.48. The zero-order chi connectivity index (χ0) is 23.9. The SMILES string of the molecule is CCC(c1sc2c(c1C(=O)N(C)OC)c(=O)n(C)c(=O)n2CC(C)C)n1cnc(Cl)c1Cl. The van der Waals surface area contributed by atoms with E-state index >= 15 is 0 Å². The lowest BCUT2D eigenvalue weighted by Crippen LogP contribution is -2.39. The molecule has 3 aromatic rings. The van der Waals surface area contributed by atoms with Gasteiger partial charge in [-0.3, -0.25) is 23.6 Å². The van der Waals surface area contributed by atoms with Crippen molar-refractivity contribution in [2.24, 2.45) is 13.0 Å². The standard InChI is InChI=1S/C20H25Cl2N5O4S/c1-7-11(27-9-23-15(21)16(27)22)14-12(18(29)25(5)31-6)13-17(28)24(4)20(30)26(8-10(2)3)19(13)32-14/h9-11H,7-8H2,1-6H3. The van der Waals surface area contributed by atoms with Crippen molar-refractivity contribution in [3.63, 3.8) is 0 Å². The Morgan fingerprint density at radius 2 is 1.97 bits per heavy atom. The molecule has 0 radical (unpaired) electrons. The quantitative estimate of drug-likeness (QED) is 0.461. The molecule has 1 amide bonds. The van der Waals surface area contributed by atoms with E-state index in [1.165, 1.54) is 38.9 Å². The van der Waals surface area contributed by atoms with Crippen LogP contribution in [-0.2, 0) is 18.4 Å². The van der Waals surface area contributed by atoms with Gasteiger partial charge in [0.05, 0.1) is 30.4 Å². The van der Waals surface area contributed by atoms with E-state index in [1.807, 2.05) is 20.8 Å². The van der Waals surface area contributed by atoms with Gasteiger partial charge in [0.1, 0.15) is 9.98 Å². The lowest BCUT2D eigenvalue weighted by molar-refractivity contribution is -0.0756. The Morgan fingerprint density at radius 3 is 2.47 bits per heavy atom. The number of aromatic nitrogens is 4. The van der Waals surface area contributed by atoms with E-state index in [0.29, 0.717) is 22.7 Å². The van der Waals surface area contributed by atoms with E-state index < -0.39 is 23.2 Å². The fraction of sp³-hybridized carbons (Fsp3) is 0.500. The van der Waals surface area contributed by atoms with Gasteiger partial charge in [-0.25, -0.2) is 14.8 Å². The maximum atomic E-state index is 13.4. The molecule has 9 nitrogen and oxygen atoms in total. The van der Waals surface area contributed by atoms with E-state index in [4.69, 9.17) is 28.0 Å². The van der Waals surface area contributed by atoms with Crippen molar-refractivity contribution < 1.29 is 9.63 Å². The van der Waals surface area contributed by atoms with E-state index in [1.54, 1.807) is 9.13 Å². The van der Waals surface area contributed by atoms with Crippen LogP contribution in [0.1, 0.15) is 48.5 Å². The highest BCUT2D eigenvalue weighted by molar-refractivity contribution is 7.19. The van der Waals surface area contributed by atoms with Gasteiger partial charge in [0.2, 0.25) is 0 Å². The number of hydrogen-bond donors (Lipinski definition) is 0. The zero-order valence-electron chi connectivity index (χ0n) is 18.7. The van der Waals surface area contributed by atoms with Crippen LogP contribution in [-0.4, -0.2) is 43.8 Å². The molecule has 12 heteroatoms. The summed E-state index contributed by atoms with van der Waals surface area (Å²) in [6, 6.07) is -0.434. The van der Waals surface area contributed by atoms with Crippen LogP contribution in [0.3, 0.4) is 0 Å². The second-order valence-corrected chi connectivity index (χ2v) is 9.56. The molecule has 0 saturated heterocycles. The molecule has 0 fully saturated rings.